The lowest BCUT2D eigenvalue weighted by molar-refractivity contribution is -0.130. The van der Waals surface area contributed by atoms with Crippen LogP contribution in [0.25, 0.3) is 10.9 Å². The molecule has 25 heavy (non-hydrogen) atoms. The molecule has 1 amide bonds. The zero-order valence-electron chi connectivity index (χ0n) is 13.9. The summed E-state index contributed by atoms with van der Waals surface area (Å²) < 4.78 is 1.70. The van der Waals surface area contributed by atoms with Crippen LogP contribution in [0.4, 0.5) is 0 Å². The van der Waals surface area contributed by atoms with Gasteiger partial charge in [0.1, 0.15) is 0 Å². The van der Waals surface area contributed by atoms with Gasteiger partial charge in [-0.3, -0.25) is 14.3 Å². The molecule has 0 aliphatic carbocycles. The lowest BCUT2D eigenvalue weighted by Gasteiger charge is -2.18. The molecule has 0 radical (unpaired) electrons. The van der Waals surface area contributed by atoms with E-state index in [0.29, 0.717) is 29.9 Å². The molecule has 0 aliphatic heterocycles. The lowest BCUT2D eigenvalue weighted by Crippen LogP contribution is -2.27. The van der Waals surface area contributed by atoms with Crippen LogP contribution in [0.5, 0.6) is 0 Å². The van der Waals surface area contributed by atoms with Crippen molar-refractivity contribution < 1.29 is 4.79 Å². The highest BCUT2D eigenvalue weighted by Crippen LogP contribution is 2.13. The SMILES string of the molecule is CN(Cc1cccc(Cl)c1)C(=O)CCn1ncc(=O)c2ccccc21. The molecule has 1 aromatic heterocycles. The Bertz CT molecular complexity index is 968. The number of para-hydroxylation sites is 1. The van der Waals surface area contributed by atoms with Crippen molar-refractivity contribution in [3.63, 3.8) is 0 Å². The molecule has 0 aliphatic rings. The Morgan fingerprint density at radius 2 is 2.00 bits per heavy atom. The molecule has 128 valence electrons. The first-order valence-electron chi connectivity index (χ1n) is 7.98. The largest absolute Gasteiger partial charge is 0.341 e. The molecule has 2 aromatic carbocycles. The second-order valence-electron chi connectivity index (χ2n) is 5.88. The van der Waals surface area contributed by atoms with Gasteiger partial charge in [-0.15, -0.1) is 0 Å². The number of benzene rings is 2. The van der Waals surface area contributed by atoms with Gasteiger partial charge in [0.25, 0.3) is 0 Å². The maximum atomic E-state index is 12.4. The van der Waals surface area contributed by atoms with Gasteiger partial charge in [-0.1, -0.05) is 35.9 Å². The van der Waals surface area contributed by atoms with Crippen molar-refractivity contribution in [2.75, 3.05) is 7.05 Å². The van der Waals surface area contributed by atoms with Gasteiger partial charge in [-0.25, -0.2) is 0 Å². The summed E-state index contributed by atoms with van der Waals surface area (Å²) in [7, 11) is 1.76. The van der Waals surface area contributed by atoms with Gasteiger partial charge < -0.3 is 4.90 Å². The molecule has 1 heterocycles. The minimum absolute atomic E-state index is 0.00422. The van der Waals surface area contributed by atoms with Crippen molar-refractivity contribution >= 4 is 28.4 Å². The van der Waals surface area contributed by atoms with Crippen molar-refractivity contribution in [3.8, 4) is 0 Å². The van der Waals surface area contributed by atoms with Crippen LogP contribution in [0.3, 0.4) is 0 Å². The maximum Gasteiger partial charge on any atom is 0.224 e. The van der Waals surface area contributed by atoms with E-state index in [1.807, 2.05) is 36.4 Å². The molecule has 0 spiro atoms. The van der Waals surface area contributed by atoms with Crippen LogP contribution in [-0.2, 0) is 17.9 Å². The van der Waals surface area contributed by atoms with E-state index < -0.39 is 0 Å². The fourth-order valence-corrected chi connectivity index (χ4v) is 2.94. The Kier molecular flexibility index (Phi) is 5.14. The third-order valence-electron chi connectivity index (χ3n) is 4.03. The number of aryl methyl sites for hydroxylation is 1. The average Bonchev–Trinajstić information content (AvgIpc) is 2.61. The van der Waals surface area contributed by atoms with E-state index in [1.54, 1.807) is 28.8 Å². The molecule has 0 unspecified atom stereocenters. The van der Waals surface area contributed by atoms with Crippen molar-refractivity contribution in [2.45, 2.75) is 19.5 Å². The van der Waals surface area contributed by atoms with Crippen LogP contribution in [0.1, 0.15) is 12.0 Å². The fourth-order valence-electron chi connectivity index (χ4n) is 2.73. The van der Waals surface area contributed by atoms with Crippen LogP contribution >= 0.6 is 11.6 Å². The second-order valence-corrected chi connectivity index (χ2v) is 6.32. The molecule has 3 rings (SSSR count). The zero-order chi connectivity index (χ0) is 17.8. The van der Waals surface area contributed by atoms with Crippen LogP contribution in [0.2, 0.25) is 5.02 Å². The fraction of sp³-hybridized carbons (Fsp3) is 0.211. The number of carbonyl (C=O) groups is 1. The molecule has 0 fully saturated rings. The normalized spacial score (nSPS) is 10.8. The minimum atomic E-state index is -0.115. The second kappa shape index (κ2) is 7.49. The predicted molar refractivity (Wildman–Crippen MR) is 98.5 cm³/mol. The van der Waals surface area contributed by atoms with Gasteiger partial charge in [-0.05, 0) is 29.8 Å². The third-order valence-corrected chi connectivity index (χ3v) is 4.27. The molecule has 6 heteroatoms. The van der Waals surface area contributed by atoms with Crippen molar-refractivity contribution in [3.05, 3.63) is 75.5 Å². The topological polar surface area (TPSA) is 55.2 Å². The van der Waals surface area contributed by atoms with Crippen LogP contribution in [0.15, 0.2) is 59.5 Å². The summed E-state index contributed by atoms with van der Waals surface area (Å²) in [5, 5.41) is 5.41. The first-order chi connectivity index (χ1) is 12.0. The van der Waals surface area contributed by atoms with E-state index >= 15 is 0 Å². The number of rotatable bonds is 5. The number of carbonyl (C=O) groups excluding carboxylic acids is 1. The Balaban J connectivity index is 1.68. The number of hydrogen-bond acceptors (Lipinski definition) is 3. The zero-order valence-corrected chi connectivity index (χ0v) is 14.6. The summed E-state index contributed by atoms with van der Waals surface area (Å²) in [6.45, 7) is 0.914. The molecule has 0 bridgehead atoms. The van der Waals surface area contributed by atoms with E-state index in [0.717, 1.165) is 11.1 Å². The van der Waals surface area contributed by atoms with Crippen LogP contribution in [0, 0.1) is 0 Å². The van der Waals surface area contributed by atoms with Crippen LogP contribution < -0.4 is 5.43 Å². The summed E-state index contributed by atoms with van der Waals surface area (Å²) in [5.74, 6) is 0.00422. The number of fused-ring (bicyclic) bond motifs is 1. The van der Waals surface area contributed by atoms with Crippen LogP contribution in [-0.4, -0.2) is 27.6 Å². The highest BCUT2D eigenvalue weighted by molar-refractivity contribution is 6.30. The predicted octanol–water partition coefficient (Wildman–Crippen LogP) is 3.10. The van der Waals surface area contributed by atoms with E-state index in [1.165, 1.54) is 6.20 Å². The molecule has 0 saturated carbocycles. The number of hydrogen-bond donors (Lipinski definition) is 0. The Hall–Kier alpha value is -2.66. The first kappa shape index (κ1) is 17.2. The summed E-state index contributed by atoms with van der Waals surface area (Å²) in [6, 6.07) is 14.7. The van der Waals surface area contributed by atoms with E-state index in [4.69, 9.17) is 11.6 Å². The molecule has 0 atom stereocenters. The molecule has 5 nitrogen and oxygen atoms in total. The highest BCUT2D eigenvalue weighted by Gasteiger charge is 2.11. The number of aromatic nitrogens is 2. The molecular formula is C19H18ClN3O2. The number of nitrogens with zero attached hydrogens (tertiary/aromatic N) is 3. The minimum Gasteiger partial charge on any atom is -0.341 e. The molecule has 0 N–H and O–H groups in total. The van der Waals surface area contributed by atoms with E-state index in [2.05, 4.69) is 5.10 Å². The van der Waals surface area contributed by atoms with Crippen molar-refractivity contribution in [1.29, 1.82) is 0 Å². The number of halogens is 1. The standard InChI is InChI=1S/C19H18ClN3O2/c1-22(13-14-5-4-6-15(20)11-14)19(25)9-10-23-17-8-3-2-7-16(17)18(24)12-21-23/h2-8,11-12H,9-10,13H2,1H3. The third kappa shape index (κ3) is 4.06. The van der Waals surface area contributed by atoms with Crippen molar-refractivity contribution in [1.82, 2.24) is 14.7 Å². The van der Waals surface area contributed by atoms with Gasteiger partial charge >= 0.3 is 0 Å². The summed E-state index contributed by atoms with van der Waals surface area (Å²) in [5.41, 5.74) is 1.60. The van der Waals surface area contributed by atoms with Gasteiger partial charge in [0.05, 0.1) is 18.3 Å². The van der Waals surface area contributed by atoms with Gasteiger partial charge in [-0.2, -0.15) is 5.10 Å². The Labute approximate surface area is 150 Å². The van der Waals surface area contributed by atoms with Gasteiger partial charge in [0.2, 0.25) is 11.3 Å². The Morgan fingerprint density at radius 1 is 1.20 bits per heavy atom. The Morgan fingerprint density at radius 3 is 2.80 bits per heavy atom. The smallest absolute Gasteiger partial charge is 0.224 e. The molecule has 0 saturated heterocycles. The molecule has 3 aromatic rings. The lowest BCUT2D eigenvalue weighted by atomic mass is 10.2. The van der Waals surface area contributed by atoms with Crippen molar-refractivity contribution in [2.24, 2.45) is 0 Å². The maximum absolute atomic E-state index is 12.4. The average molecular weight is 356 g/mol. The molecular weight excluding hydrogens is 338 g/mol. The van der Waals surface area contributed by atoms with Gasteiger partial charge in [0, 0.05) is 30.4 Å². The van der Waals surface area contributed by atoms with Gasteiger partial charge in [0.15, 0.2) is 0 Å². The quantitative estimate of drug-likeness (QED) is 0.706. The highest BCUT2D eigenvalue weighted by atomic mass is 35.5. The monoisotopic (exact) mass is 355 g/mol. The summed E-state index contributed by atoms with van der Waals surface area (Å²) in [6.07, 6.45) is 1.60. The first-order valence-corrected chi connectivity index (χ1v) is 8.35. The summed E-state index contributed by atoms with van der Waals surface area (Å²) in [4.78, 5) is 25.9. The number of amides is 1. The van der Waals surface area contributed by atoms with E-state index in [-0.39, 0.29) is 11.3 Å². The summed E-state index contributed by atoms with van der Waals surface area (Å²) >= 11 is 5.98. The van der Waals surface area contributed by atoms with E-state index in [9.17, 15) is 9.59 Å².